The predicted molar refractivity (Wildman–Crippen MR) is 69.3 cm³/mol. The van der Waals surface area contributed by atoms with Gasteiger partial charge in [-0.05, 0) is 44.3 Å². The van der Waals surface area contributed by atoms with Gasteiger partial charge < -0.3 is 9.73 Å². The summed E-state index contributed by atoms with van der Waals surface area (Å²) in [6.07, 6.45) is 0. The van der Waals surface area contributed by atoms with Crippen molar-refractivity contribution in [3.05, 3.63) is 41.3 Å². The van der Waals surface area contributed by atoms with Crippen LogP contribution in [0.25, 0.3) is 0 Å². The van der Waals surface area contributed by atoms with Crippen molar-refractivity contribution in [3.63, 3.8) is 0 Å². The Morgan fingerprint density at radius 2 is 2.06 bits per heavy atom. The van der Waals surface area contributed by atoms with Crippen molar-refractivity contribution in [2.75, 3.05) is 7.05 Å². The molecule has 1 aromatic carbocycles. The van der Waals surface area contributed by atoms with E-state index >= 15 is 0 Å². The maximum absolute atomic E-state index is 5.58. The van der Waals surface area contributed by atoms with Crippen LogP contribution >= 0.6 is 11.8 Å². The Balaban J connectivity index is 2.23. The van der Waals surface area contributed by atoms with Crippen LogP contribution in [0.4, 0.5) is 0 Å². The van der Waals surface area contributed by atoms with E-state index in [0.717, 1.165) is 18.0 Å². The third-order valence-corrected chi connectivity index (χ3v) is 3.51. The Kier molecular flexibility index (Phi) is 3.86. The fourth-order valence-electron chi connectivity index (χ4n) is 1.52. The minimum Gasteiger partial charge on any atom is -0.436 e. The van der Waals surface area contributed by atoms with Crippen LogP contribution in [0.2, 0.25) is 0 Å². The molecule has 0 bridgehead atoms. The second-order valence-electron chi connectivity index (χ2n) is 3.86. The lowest BCUT2D eigenvalue weighted by molar-refractivity contribution is 0.431. The number of oxazole rings is 1. The lowest BCUT2D eigenvalue weighted by Crippen LogP contribution is -2.05. The molecule has 0 saturated carbocycles. The first-order valence-electron chi connectivity index (χ1n) is 5.55. The number of nitrogens with zero attached hydrogens (tertiary/aromatic N) is 1. The normalized spacial score (nSPS) is 10.8. The maximum atomic E-state index is 5.58. The third kappa shape index (κ3) is 2.90. The minimum atomic E-state index is 0.712. The van der Waals surface area contributed by atoms with Gasteiger partial charge in [0.1, 0.15) is 5.76 Å². The molecule has 2 aromatic rings. The van der Waals surface area contributed by atoms with Gasteiger partial charge >= 0.3 is 0 Å². The summed E-state index contributed by atoms with van der Waals surface area (Å²) in [5.41, 5.74) is 2.21. The molecule has 1 N–H and O–H groups in total. The number of aromatic nitrogens is 1. The molecule has 0 aliphatic carbocycles. The molecule has 0 atom stereocenters. The zero-order valence-electron chi connectivity index (χ0n) is 10.3. The summed E-state index contributed by atoms with van der Waals surface area (Å²) in [5.74, 6) is 0.888. The van der Waals surface area contributed by atoms with Gasteiger partial charge in [0.2, 0.25) is 0 Å². The van der Waals surface area contributed by atoms with E-state index in [4.69, 9.17) is 4.42 Å². The Hall–Kier alpha value is -1.26. The van der Waals surface area contributed by atoms with Crippen molar-refractivity contribution >= 4 is 11.8 Å². The van der Waals surface area contributed by atoms with Crippen molar-refractivity contribution < 1.29 is 4.42 Å². The molecular formula is C13H16N2OS. The summed E-state index contributed by atoms with van der Waals surface area (Å²) < 4.78 is 5.58. The highest BCUT2D eigenvalue weighted by Gasteiger charge is 2.09. The van der Waals surface area contributed by atoms with E-state index < -0.39 is 0 Å². The monoisotopic (exact) mass is 248 g/mol. The molecule has 3 nitrogen and oxygen atoms in total. The Morgan fingerprint density at radius 3 is 2.71 bits per heavy atom. The lowest BCUT2D eigenvalue weighted by atomic mass is 10.2. The first-order valence-corrected chi connectivity index (χ1v) is 6.36. The van der Waals surface area contributed by atoms with Gasteiger partial charge in [-0.3, -0.25) is 0 Å². The number of benzene rings is 1. The smallest absolute Gasteiger partial charge is 0.261 e. The van der Waals surface area contributed by atoms with Crippen LogP contribution in [0.5, 0.6) is 0 Å². The highest BCUT2D eigenvalue weighted by molar-refractivity contribution is 7.99. The van der Waals surface area contributed by atoms with Crippen LogP contribution in [-0.4, -0.2) is 12.0 Å². The summed E-state index contributed by atoms with van der Waals surface area (Å²) in [7, 11) is 1.95. The van der Waals surface area contributed by atoms with Gasteiger partial charge in [0, 0.05) is 11.4 Å². The zero-order chi connectivity index (χ0) is 12.3. The number of nitrogens with one attached hydrogen (secondary N) is 1. The molecule has 4 heteroatoms. The summed E-state index contributed by atoms with van der Waals surface area (Å²) >= 11 is 1.57. The van der Waals surface area contributed by atoms with E-state index in [9.17, 15) is 0 Å². The lowest BCUT2D eigenvalue weighted by Gasteiger charge is -2.05. The van der Waals surface area contributed by atoms with Crippen LogP contribution in [0.15, 0.2) is 38.8 Å². The Morgan fingerprint density at radius 1 is 1.29 bits per heavy atom. The molecule has 0 spiro atoms. The van der Waals surface area contributed by atoms with E-state index in [-0.39, 0.29) is 0 Å². The number of hydrogen-bond acceptors (Lipinski definition) is 4. The zero-order valence-corrected chi connectivity index (χ0v) is 11.1. The van der Waals surface area contributed by atoms with Crippen LogP contribution in [-0.2, 0) is 6.54 Å². The third-order valence-electron chi connectivity index (χ3n) is 2.55. The van der Waals surface area contributed by atoms with Gasteiger partial charge in [0.15, 0.2) is 0 Å². The highest BCUT2D eigenvalue weighted by atomic mass is 32.2. The fraction of sp³-hybridized carbons (Fsp3) is 0.308. The quantitative estimate of drug-likeness (QED) is 0.902. The van der Waals surface area contributed by atoms with Gasteiger partial charge in [-0.1, -0.05) is 18.2 Å². The summed E-state index contributed by atoms with van der Waals surface area (Å²) in [5, 5.41) is 3.87. The van der Waals surface area contributed by atoms with Gasteiger partial charge in [-0.2, -0.15) is 0 Å². The first-order chi connectivity index (χ1) is 8.20. The van der Waals surface area contributed by atoms with Gasteiger partial charge in [0.05, 0.1) is 5.69 Å². The van der Waals surface area contributed by atoms with Gasteiger partial charge in [-0.25, -0.2) is 4.98 Å². The van der Waals surface area contributed by atoms with Crippen LogP contribution in [0.1, 0.15) is 17.0 Å². The van der Waals surface area contributed by atoms with Crippen molar-refractivity contribution in [2.24, 2.45) is 0 Å². The second-order valence-corrected chi connectivity index (χ2v) is 4.85. The van der Waals surface area contributed by atoms with Crippen molar-refractivity contribution in [3.8, 4) is 0 Å². The van der Waals surface area contributed by atoms with E-state index in [0.29, 0.717) is 5.22 Å². The number of hydrogen-bond donors (Lipinski definition) is 1. The van der Waals surface area contributed by atoms with Crippen molar-refractivity contribution in [1.29, 1.82) is 0 Å². The van der Waals surface area contributed by atoms with E-state index in [1.807, 2.05) is 33.0 Å². The van der Waals surface area contributed by atoms with Crippen LogP contribution in [0.3, 0.4) is 0 Å². The Labute approximate surface area is 106 Å². The average Bonchev–Trinajstić information content (AvgIpc) is 2.61. The molecule has 0 amide bonds. The van der Waals surface area contributed by atoms with Crippen LogP contribution < -0.4 is 5.32 Å². The number of aryl methyl sites for hydroxylation is 2. The SMILES string of the molecule is CNCc1ccccc1Sc1nc(C)c(C)o1. The van der Waals surface area contributed by atoms with E-state index in [2.05, 4.69) is 22.4 Å². The van der Waals surface area contributed by atoms with Crippen LogP contribution in [0, 0.1) is 13.8 Å². The Bertz CT molecular complexity index is 488. The molecule has 0 aliphatic rings. The molecule has 0 radical (unpaired) electrons. The molecule has 1 aromatic heterocycles. The molecule has 0 fully saturated rings. The highest BCUT2D eigenvalue weighted by Crippen LogP contribution is 2.30. The van der Waals surface area contributed by atoms with Gasteiger partial charge in [-0.15, -0.1) is 0 Å². The van der Waals surface area contributed by atoms with Crippen molar-refractivity contribution in [2.45, 2.75) is 30.5 Å². The molecule has 1 heterocycles. The molecule has 2 rings (SSSR count). The summed E-state index contributed by atoms with van der Waals surface area (Å²) in [6, 6.07) is 8.28. The predicted octanol–water partition coefficient (Wildman–Crippen LogP) is 3.16. The second kappa shape index (κ2) is 5.38. The summed E-state index contributed by atoms with van der Waals surface area (Å²) in [4.78, 5) is 5.57. The van der Waals surface area contributed by atoms with Gasteiger partial charge in [0.25, 0.3) is 5.22 Å². The maximum Gasteiger partial charge on any atom is 0.261 e. The topological polar surface area (TPSA) is 38.1 Å². The molecule has 90 valence electrons. The average molecular weight is 248 g/mol. The van der Waals surface area contributed by atoms with E-state index in [1.165, 1.54) is 10.5 Å². The molecule has 0 saturated heterocycles. The molecule has 0 aliphatic heterocycles. The summed E-state index contributed by atoms with van der Waals surface area (Å²) in [6.45, 7) is 4.75. The molecule has 17 heavy (non-hydrogen) atoms. The van der Waals surface area contributed by atoms with E-state index in [1.54, 1.807) is 11.8 Å². The fourth-order valence-corrected chi connectivity index (χ4v) is 2.48. The number of rotatable bonds is 4. The first kappa shape index (κ1) is 12.2. The minimum absolute atomic E-state index is 0.712. The standard InChI is InChI=1S/C13H16N2OS/c1-9-10(2)16-13(15-9)17-12-7-5-4-6-11(12)8-14-3/h4-7,14H,8H2,1-3H3. The molecular weight excluding hydrogens is 232 g/mol. The largest absolute Gasteiger partial charge is 0.436 e. The molecule has 0 unspecified atom stereocenters. The van der Waals surface area contributed by atoms with Crippen molar-refractivity contribution in [1.82, 2.24) is 10.3 Å².